The molecular weight excluding hydrogens is 310 g/mol. The first-order valence-corrected chi connectivity index (χ1v) is 8.34. The van der Waals surface area contributed by atoms with E-state index in [2.05, 4.69) is 10.3 Å². The molecule has 0 aliphatic carbocycles. The zero-order chi connectivity index (χ0) is 17.0. The lowest BCUT2D eigenvalue weighted by Gasteiger charge is -2.24. The minimum Gasteiger partial charge on any atom is -0.389 e. The van der Waals surface area contributed by atoms with Crippen LogP contribution < -0.4 is 5.32 Å². The molecule has 1 amide bonds. The van der Waals surface area contributed by atoms with Crippen molar-refractivity contribution in [3.05, 3.63) is 34.7 Å². The van der Waals surface area contributed by atoms with Gasteiger partial charge in [0.25, 0.3) is 0 Å². The summed E-state index contributed by atoms with van der Waals surface area (Å²) in [5.74, 6) is -0.108. The molecular formula is C17H23N3O2S. The number of rotatable bonds is 6. The van der Waals surface area contributed by atoms with Crippen molar-refractivity contribution in [1.29, 1.82) is 0 Å². The van der Waals surface area contributed by atoms with Crippen LogP contribution in [0.4, 0.5) is 5.69 Å². The molecule has 1 aromatic carbocycles. The zero-order valence-electron chi connectivity index (χ0n) is 14.0. The van der Waals surface area contributed by atoms with Gasteiger partial charge >= 0.3 is 0 Å². The molecule has 0 saturated heterocycles. The number of aromatic nitrogens is 1. The SMILES string of the molecule is Cc1nc(-c2cccc(NC(=O)CN(C)CC(C)(C)O)c2)cs1. The van der Waals surface area contributed by atoms with Gasteiger partial charge in [0.05, 0.1) is 22.8 Å². The molecule has 0 unspecified atom stereocenters. The normalized spacial score (nSPS) is 11.7. The lowest BCUT2D eigenvalue weighted by molar-refractivity contribution is -0.117. The topological polar surface area (TPSA) is 65.5 Å². The number of hydrogen-bond acceptors (Lipinski definition) is 5. The summed E-state index contributed by atoms with van der Waals surface area (Å²) in [7, 11) is 1.81. The van der Waals surface area contributed by atoms with Gasteiger partial charge in [0.1, 0.15) is 0 Å². The molecule has 0 fully saturated rings. The van der Waals surface area contributed by atoms with Crippen LogP contribution in [-0.4, -0.2) is 46.6 Å². The molecule has 23 heavy (non-hydrogen) atoms. The van der Waals surface area contributed by atoms with Gasteiger partial charge in [-0.05, 0) is 40.0 Å². The number of benzene rings is 1. The highest BCUT2D eigenvalue weighted by atomic mass is 32.1. The van der Waals surface area contributed by atoms with Gasteiger partial charge < -0.3 is 10.4 Å². The van der Waals surface area contributed by atoms with Gasteiger partial charge in [0, 0.05) is 23.2 Å². The monoisotopic (exact) mass is 333 g/mol. The van der Waals surface area contributed by atoms with Crippen LogP contribution in [0.15, 0.2) is 29.6 Å². The number of likely N-dealkylation sites (N-methyl/N-ethyl adjacent to an activating group) is 1. The molecule has 0 radical (unpaired) electrons. The third kappa shape index (κ3) is 5.74. The van der Waals surface area contributed by atoms with Gasteiger partial charge in [-0.3, -0.25) is 9.69 Å². The smallest absolute Gasteiger partial charge is 0.238 e. The summed E-state index contributed by atoms with van der Waals surface area (Å²) in [5.41, 5.74) is 1.83. The highest BCUT2D eigenvalue weighted by Gasteiger charge is 2.17. The number of anilines is 1. The first-order valence-electron chi connectivity index (χ1n) is 7.46. The van der Waals surface area contributed by atoms with Crippen LogP contribution >= 0.6 is 11.3 Å². The largest absolute Gasteiger partial charge is 0.389 e. The third-order valence-corrected chi connectivity index (χ3v) is 3.90. The average Bonchev–Trinajstić information content (AvgIpc) is 2.83. The number of aryl methyl sites for hydroxylation is 1. The van der Waals surface area contributed by atoms with Gasteiger partial charge in [0.2, 0.25) is 5.91 Å². The predicted molar refractivity (Wildman–Crippen MR) is 94.7 cm³/mol. The molecule has 0 aliphatic rings. The Kier molecular flexibility index (Phi) is 5.51. The highest BCUT2D eigenvalue weighted by molar-refractivity contribution is 7.09. The van der Waals surface area contributed by atoms with Crippen molar-refractivity contribution in [3.8, 4) is 11.3 Å². The summed E-state index contributed by atoms with van der Waals surface area (Å²) in [6.07, 6.45) is 0. The second-order valence-corrected chi connectivity index (χ2v) is 7.43. The van der Waals surface area contributed by atoms with E-state index in [1.54, 1.807) is 30.1 Å². The molecule has 0 atom stereocenters. The molecule has 0 bridgehead atoms. The summed E-state index contributed by atoms with van der Waals surface area (Å²) < 4.78 is 0. The fourth-order valence-electron chi connectivity index (χ4n) is 2.41. The fourth-order valence-corrected chi connectivity index (χ4v) is 3.04. The van der Waals surface area contributed by atoms with Crippen LogP contribution in [-0.2, 0) is 4.79 Å². The van der Waals surface area contributed by atoms with E-state index in [0.717, 1.165) is 22.0 Å². The zero-order valence-corrected chi connectivity index (χ0v) is 14.8. The van der Waals surface area contributed by atoms with E-state index in [0.29, 0.717) is 6.54 Å². The number of amides is 1. The summed E-state index contributed by atoms with van der Waals surface area (Å²) in [6, 6.07) is 7.66. The Bertz CT molecular complexity index is 676. The van der Waals surface area contributed by atoms with Gasteiger partial charge in [-0.15, -0.1) is 11.3 Å². The van der Waals surface area contributed by atoms with Crippen LogP contribution in [0.1, 0.15) is 18.9 Å². The van der Waals surface area contributed by atoms with E-state index < -0.39 is 5.60 Å². The Morgan fingerprint density at radius 3 is 2.78 bits per heavy atom. The molecule has 6 heteroatoms. The quantitative estimate of drug-likeness (QED) is 0.853. The Morgan fingerprint density at radius 1 is 1.43 bits per heavy atom. The number of carbonyl (C=O) groups is 1. The molecule has 0 aliphatic heterocycles. The van der Waals surface area contributed by atoms with E-state index >= 15 is 0 Å². The minimum atomic E-state index is -0.822. The standard InChI is InChI=1S/C17H23N3O2S/c1-12-18-15(10-23-12)13-6-5-7-14(8-13)19-16(21)9-20(4)11-17(2,3)22/h5-8,10,22H,9,11H2,1-4H3,(H,19,21). The van der Waals surface area contributed by atoms with E-state index in [-0.39, 0.29) is 12.5 Å². The Labute approximate surface area is 141 Å². The number of thiazole rings is 1. The maximum Gasteiger partial charge on any atom is 0.238 e. The van der Waals surface area contributed by atoms with Crippen molar-refractivity contribution in [1.82, 2.24) is 9.88 Å². The Morgan fingerprint density at radius 2 is 2.17 bits per heavy atom. The maximum absolute atomic E-state index is 12.1. The Hall–Kier alpha value is -1.76. The molecule has 0 saturated carbocycles. The molecule has 2 N–H and O–H groups in total. The number of aliphatic hydroxyl groups is 1. The second-order valence-electron chi connectivity index (χ2n) is 6.37. The number of hydrogen-bond donors (Lipinski definition) is 2. The fraction of sp³-hybridized carbons (Fsp3) is 0.412. The third-order valence-electron chi connectivity index (χ3n) is 3.13. The summed E-state index contributed by atoms with van der Waals surface area (Å²) in [6.45, 7) is 6.07. The van der Waals surface area contributed by atoms with Crippen molar-refractivity contribution >= 4 is 22.9 Å². The van der Waals surface area contributed by atoms with Gasteiger partial charge in [0.15, 0.2) is 0 Å². The summed E-state index contributed by atoms with van der Waals surface area (Å²) >= 11 is 1.60. The lowest BCUT2D eigenvalue weighted by atomic mass is 10.1. The molecule has 0 spiro atoms. The molecule has 2 aromatic rings. The van der Waals surface area contributed by atoms with E-state index in [9.17, 15) is 9.90 Å². The maximum atomic E-state index is 12.1. The van der Waals surface area contributed by atoms with Crippen molar-refractivity contribution in [2.45, 2.75) is 26.4 Å². The van der Waals surface area contributed by atoms with Gasteiger partial charge in [-0.2, -0.15) is 0 Å². The van der Waals surface area contributed by atoms with Crippen LogP contribution in [0.25, 0.3) is 11.3 Å². The van der Waals surface area contributed by atoms with Crippen molar-refractivity contribution in [2.24, 2.45) is 0 Å². The number of nitrogens with one attached hydrogen (secondary N) is 1. The molecule has 1 heterocycles. The lowest BCUT2D eigenvalue weighted by Crippen LogP contribution is -2.40. The van der Waals surface area contributed by atoms with Crippen LogP contribution in [0, 0.1) is 6.92 Å². The summed E-state index contributed by atoms with van der Waals surface area (Å²) in [5, 5.41) is 15.7. The second kappa shape index (κ2) is 7.21. The predicted octanol–water partition coefficient (Wildman–Crippen LogP) is 2.76. The first-order chi connectivity index (χ1) is 10.7. The van der Waals surface area contributed by atoms with Crippen LogP contribution in [0.5, 0.6) is 0 Å². The van der Waals surface area contributed by atoms with Crippen molar-refractivity contribution < 1.29 is 9.90 Å². The van der Waals surface area contributed by atoms with E-state index in [1.165, 1.54) is 0 Å². The number of carbonyl (C=O) groups excluding carboxylic acids is 1. The van der Waals surface area contributed by atoms with Crippen molar-refractivity contribution in [3.63, 3.8) is 0 Å². The first kappa shape index (κ1) is 17.6. The average molecular weight is 333 g/mol. The van der Waals surface area contributed by atoms with Gasteiger partial charge in [-0.25, -0.2) is 4.98 Å². The Balaban J connectivity index is 1.99. The number of nitrogens with zero attached hydrogens (tertiary/aromatic N) is 2. The summed E-state index contributed by atoms with van der Waals surface area (Å²) in [4.78, 5) is 18.4. The van der Waals surface area contributed by atoms with Crippen LogP contribution in [0.2, 0.25) is 0 Å². The molecule has 1 aromatic heterocycles. The molecule has 124 valence electrons. The van der Waals surface area contributed by atoms with Crippen LogP contribution in [0.3, 0.4) is 0 Å². The highest BCUT2D eigenvalue weighted by Crippen LogP contribution is 2.24. The van der Waals surface area contributed by atoms with E-state index in [4.69, 9.17) is 0 Å². The van der Waals surface area contributed by atoms with Crippen molar-refractivity contribution in [2.75, 3.05) is 25.5 Å². The van der Waals surface area contributed by atoms with Gasteiger partial charge in [-0.1, -0.05) is 12.1 Å². The molecule has 5 nitrogen and oxygen atoms in total. The molecule has 2 rings (SSSR count). The van der Waals surface area contributed by atoms with E-state index in [1.807, 2.05) is 43.6 Å². The minimum absolute atomic E-state index is 0.108.